The number of primary sulfonamides is 1. The molecule has 0 amide bonds. The molecule has 5 nitrogen and oxygen atoms in total. The lowest BCUT2D eigenvalue weighted by atomic mass is 10.2. The minimum absolute atomic E-state index is 0.0728. The summed E-state index contributed by atoms with van der Waals surface area (Å²) in [6, 6.07) is 10.3. The first-order valence-corrected chi connectivity index (χ1v) is 7.90. The third-order valence-corrected chi connectivity index (χ3v) is 4.19. The molecule has 23 heavy (non-hydrogen) atoms. The summed E-state index contributed by atoms with van der Waals surface area (Å²) in [5.74, 6) is 0.334. The van der Waals surface area contributed by atoms with E-state index in [2.05, 4.69) is 9.97 Å². The fourth-order valence-electron chi connectivity index (χ4n) is 2.23. The maximum absolute atomic E-state index is 13.1. The van der Waals surface area contributed by atoms with Crippen LogP contribution in [-0.2, 0) is 16.2 Å². The van der Waals surface area contributed by atoms with Crippen molar-refractivity contribution in [3.8, 4) is 11.4 Å². The van der Waals surface area contributed by atoms with E-state index in [4.69, 9.17) is 5.14 Å². The number of sulfonamides is 1. The highest BCUT2D eigenvalue weighted by Crippen LogP contribution is 2.36. The monoisotopic (exact) mass is 341 g/mol. The van der Waals surface area contributed by atoms with Crippen LogP contribution in [0.2, 0.25) is 0 Å². The molecule has 0 atom stereocenters. The third-order valence-electron chi connectivity index (χ3n) is 3.24. The van der Waals surface area contributed by atoms with Crippen molar-refractivity contribution in [2.75, 3.05) is 0 Å². The zero-order valence-electron chi connectivity index (χ0n) is 11.4. The number of rotatable bonds is 2. The number of halogens is 3. The quantitative estimate of drug-likeness (QED) is 0.751. The van der Waals surface area contributed by atoms with Crippen LogP contribution in [0, 0.1) is 0 Å². The molecule has 0 spiro atoms. The van der Waals surface area contributed by atoms with E-state index in [1.807, 2.05) is 0 Å². The minimum Gasteiger partial charge on any atom is -0.338 e. The molecule has 3 rings (SSSR count). The van der Waals surface area contributed by atoms with Crippen molar-refractivity contribution in [2.24, 2.45) is 5.14 Å². The molecular weight excluding hydrogens is 331 g/mol. The van der Waals surface area contributed by atoms with Crippen molar-refractivity contribution >= 4 is 21.1 Å². The van der Waals surface area contributed by atoms with Gasteiger partial charge in [0, 0.05) is 5.56 Å². The number of benzene rings is 2. The highest BCUT2D eigenvalue weighted by Gasteiger charge is 2.37. The smallest absolute Gasteiger partial charge is 0.338 e. The second-order valence-electron chi connectivity index (χ2n) is 4.86. The summed E-state index contributed by atoms with van der Waals surface area (Å²) in [7, 11) is -4.54. The summed E-state index contributed by atoms with van der Waals surface area (Å²) < 4.78 is 62.2. The average Bonchev–Trinajstić information content (AvgIpc) is 2.88. The first-order chi connectivity index (χ1) is 10.7. The van der Waals surface area contributed by atoms with Crippen molar-refractivity contribution in [1.82, 2.24) is 9.97 Å². The van der Waals surface area contributed by atoms with Gasteiger partial charge in [-0.1, -0.05) is 30.3 Å². The van der Waals surface area contributed by atoms with Crippen LogP contribution >= 0.6 is 0 Å². The van der Waals surface area contributed by atoms with Gasteiger partial charge >= 0.3 is 6.18 Å². The summed E-state index contributed by atoms with van der Waals surface area (Å²) >= 11 is 0. The number of fused-ring (bicyclic) bond motifs is 1. The van der Waals surface area contributed by atoms with E-state index in [0.717, 1.165) is 6.07 Å². The number of aromatic amines is 1. The molecule has 9 heteroatoms. The third kappa shape index (κ3) is 2.92. The van der Waals surface area contributed by atoms with E-state index in [1.54, 1.807) is 30.3 Å². The van der Waals surface area contributed by atoms with Gasteiger partial charge < -0.3 is 4.98 Å². The van der Waals surface area contributed by atoms with E-state index in [1.165, 1.54) is 0 Å². The number of alkyl halides is 3. The van der Waals surface area contributed by atoms with Crippen molar-refractivity contribution in [3.05, 3.63) is 48.0 Å². The lowest BCUT2D eigenvalue weighted by Gasteiger charge is -2.11. The summed E-state index contributed by atoms with van der Waals surface area (Å²) in [6.07, 6.45) is -4.85. The minimum atomic E-state index is -4.85. The number of nitrogens with two attached hydrogens (primary N) is 1. The molecule has 0 aliphatic heterocycles. The van der Waals surface area contributed by atoms with Gasteiger partial charge in [-0.25, -0.2) is 18.5 Å². The lowest BCUT2D eigenvalue weighted by Crippen LogP contribution is -2.19. The molecule has 1 heterocycles. The van der Waals surface area contributed by atoms with Gasteiger partial charge in [0.25, 0.3) is 0 Å². The number of aromatic nitrogens is 2. The van der Waals surface area contributed by atoms with Crippen LogP contribution in [0.15, 0.2) is 47.4 Å². The Morgan fingerprint density at radius 1 is 1.09 bits per heavy atom. The second kappa shape index (κ2) is 5.07. The van der Waals surface area contributed by atoms with Gasteiger partial charge in [-0.2, -0.15) is 13.2 Å². The van der Waals surface area contributed by atoms with Gasteiger partial charge in [0.05, 0.1) is 21.5 Å². The number of imidazole rings is 1. The van der Waals surface area contributed by atoms with Crippen LogP contribution in [0.4, 0.5) is 13.2 Å². The molecule has 2 aromatic carbocycles. The predicted octanol–water partition coefficient (Wildman–Crippen LogP) is 2.90. The summed E-state index contributed by atoms with van der Waals surface area (Å²) in [6.45, 7) is 0. The largest absolute Gasteiger partial charge is 0.417 e. The Balaban J connectivity index is 2.28. The maximum Gasteiger partial charge on any atom is 0.417 e. The predicted molar refractivity (Wildman–Crippen MR) is 77.9 cm³/mol. The SMILES string of the molecule is NS(=O)(=O)c1cc2nc(-c3ccccc3)[nH]c2cc1C(F)(F)F. The van der Waals surface area contributed by atoms with Crippen LogP contribution in [-0.4, -0.2) is 18.4 Å². The Morgan fingerprint density at radius 3 is 2.30 bits per heavy atom. The molecular formula is C14H10F3N3O2S. The molecule has 0 radical (unpaired) electrons. The number of hydrogen-bond acceptors (Lipinski definition) is 3. The molecule has 0 aliphatic rings. The van der Waals surface area contributed by atoms with E-state index >= 15 is 0 Å². The zero-order chi connectivity index (χ0) is 16.8. The van der Waals surface area contributed by atoms with E-state index in [0.29, 0.717) is 17.5 Å². The molecule has 1 aromatic heterocycles. The number of nitrogens with zero attached hydrogens (tertiary/aromatic N) is 1. The summed E-state index contributed by atoms with van der Waals surface area (Å²) in [5, 5.41) is 4.90. The molecule has 3 N–H and O–H groups in total. The Labute approximate surface area is 129 Å². The van der Waals surface area contributed by atoms with E-state index in [-0.39, 0.29) is 11.0 Å². The van der Waals surface area contributed by atoms with Gasteiger partial charge in [-0.15, -0.1) is 0 Å². The Hall–Kier alpha value is -2.39. The van der Waals surface area contributed by atoms with Crippen molar-refractivity contribution in [3.63, 3.8) is 0 Å². The van der Waals surface area contributed by atoms with Crippen molar-refractivity contribution in [2.45, 2.75) is 11.1 Å². The highest BCUT2D eigenvalue weighted by molar-refractivity contribution is 7.89. The molecule has 0 saturated carbocycles. The fraction of sp³-hybridized carbons (Fsp3) is 0.0714. The number of H-pyrrole nitrogens is 1. The first kappa shape index (κ1) is 15.5. The molecule has 120 valence electrons. The topological polar surface area (TPSA) is 88.8 Å². The highest BCUT2D eigenvalue weighted by atomic mass is 32.2. The first-order valence-electron chi connectivity index (χ1n) is 6.35. The maximum atomic E-state index is 13.1. The Bertz CT molecular complexity index is 980. The molecule has 0 saturated heterocycles. The van der Waals surface area contributed by atoms with Crippen LogP contribution in [0.3, 0.4) is 0 Å². The van der Waals surface area contributed by atoms with Crippen LogP contribution in [0.1, 0.15) is 5.56 Å². The zero-order valence-corrected chi connectivity index (χ0v) is 12.2. The Kier molecular flexibility index (Phi) is 3.42. The number of hydrogen-bond donors (Lipinski definition) is 2. The van der Waals surface area contributed by atoms with Crippen molar-refractivity contribution < 1.29 is 21.6 Å². The number of nitrogens with one attached hydrogen (secondary N) is 1. The van der Waals surface area contributed by atoms with E-state index < -0.39 is 26.7 Å². The van der Waals surface area contributed by atoms with Crippen LogP contribution in [0.25, 0.3) is 22.4 Å². The Morgan fingerprint density at radius 2 is 1.74 bits per heavy atom. The average molecular weight is 341 g/mol. The standard InChI is InChI=1S/C14H10F3N3O2S/c15-14(16,17)9-6-10-11(7-12(9)23(18,21)22)20-13(19-10)8-4-2-1-3-5-8/h1-7H,(H,19,20)(H2,18,21,22). The molecule has 0 fully saturated rings. The fourth-order valence-corrected chi connectivity index (χ4v) is 2.98. The lowest BCUT2D eigenvalue weighted by molar-refractivity contribution is -0.139. The van der Waals surface area contributed by atoms with Gasteiger partial charge in [-0.05, 0) is 12.1 Å². The summed E-state index contributed by atoms with van der Waals surface area (Å²) in [4.78, 5) is 5.90. The van der Waals surface area contributed by atoms with E-state index in [9.17, 15) is 21.6 Å². The molecule has 0 aliphatic carbocycles. The second-order valence-corrected chi connectivity index (χ2v) is 6.39. The van der Waals surface area contributed by atoms with Gasteiger partial charge in [0.2, 0.25) is 10.0 Å². The molecule has 3 aromatic rings. The molecule has 0 bridgehead atoms. The van der Waals surface area contributed by atoms with Gasteiger partial charge in [0.15, 0.2) is 0 Å². The van der Waals surface area contributed by atoms with Crippen LogP contribution < -0.4 is 5.14 Å². The normalized spacial score (nSPS) is 12.7. The van der Waals surface area contributed by atoms with Crippen LogP contribution in [0.5, 0.6) is 0 Å². The molecule has 0 unspecified atom stereocenters. The summed E-state index contributed by atoms with van der Waals surface area (Å²) in [5.41, 5.74) is -0.505. The van der Waals surface area contributed by atoms with Crippen molar-refractivity contribution in [1.29, 1.82) is 0 Å². The van der Waals surface area contributed by atoms with Gasteiger partial charge in [0.1, 0.15) is 5.82 Å². The van der Waals surface area contributed by atoms with Gasteiger partial charge in [-0.3, -0.25) is 0 Å².